The SMILES string of the molecule is Cc1nccc2c1ccc1c(C)nccc12. The lowest BCUT2D eigenvalue weighted by atomic mass is 10.0. The van der Waals surface area contributed by atoms with Crippen LogP contribution >= 0.6 is 0 Å². The van der Waals surface area contributed by atoms with Crippen molar-refractivity contribution >= 4 is 21.5 Å². The maximum absolute atomic E-state index is 4.32. The van der Waals surface area contributed by atoms with Crippen molar-refractivity contribution in [1.29, 1.82) is 0 Å². The summed E-state index contributed by atoms with van der Waals surface area (Å²) in [6, 6.07) is 8.41. The first-order valence-electron chi connectivity index (χ1n) is 5.37. The molecular weight excluding hydrogens is 196 g/mol. The van der Waals surface area contributed by atoms with Gasteiger partial charge in [0, 0.05) is 34.6 Å². The van der Waals surface area contributed by atoms with Gasteiger partial charge >= 0.3 is 0 Å². The molecule has 0 N–H and O–H groups in total. The fourth-order valence-corrected chi connectivity index (χ4v) is 2.21. The minimum Gasteiger partial charge on any atom is -0.261 e. The molecular formula is C14H12N2. The fraction of sp³-hybridized carbons (Fsp3) is 0.143. The van der Waals surface area contributed by atoms with Gasteiger partial charge in [0.2, 0.25) is 0 Å². The molecule has 0 atom stereocenters. The normalized spacial score (nSPS) is 11.1. The highest BCUT2D eigenvalue weighted by Crippen LogP contribution is 2.27. The second-order valence-corrected chi connectivity index (χ2v) is 4.05. The van der Waals surface area contributed by atoms with Crippen LogP contribution in [0.5, 0.6) is 0 Å². The summed E-state index contributed by atoms with van der Waals surface area (Å²) in [7, 11) is 0. The topological polar surface area (TPSA) is 25.8 Å². The van der Waals surface area contributed by atoms with Crippen LogP contribution in [0.1, 0.15) is 11.4 Å². The number of benzene rings is 1. The molecule has 0 saturated carbocycles. The van der Waals surface area contributed by atoms with E-state index in [9.17, 15) is 0 Å². The molecule has 3 rings (SSSR count). The molecule has 78 valence electrons. The van der Waals surface area contributed by atoms with Crippen molar-refractivity contribution < 1.29 is 0 Å². The maximum atomic E-state index is 4.32. The van der Waals surface area contributed by atoms with Gasteiger partial charge in [-0.2, -0.15) is 0 Å². The standard InChI is InChI=1S/C14H12N2/c1-9-11-3-4-12-10(2)16-8-6-14(12)13(11)5-7-15-9/h3-8H,1-2H3. The van der Waals surface area contributed by atoms with E-state index in [1.54, 1.807) is 0 Å². The zero-order valence-electron chi connectivity index (χ0n) is 9.36. The molecule has 2 nitrogen and oxygen atoms in total. The van der Waals surface area contributed by atoms with Crippen molar-refractivity contribution in [2.45, 2.75) is 13.8 Å². The summed E-state index contributed by atoms with van der Waals surface area (Å²) in [5.74, 6) is 0. The molecule has 0 aliphatic carbocycles. The van der Waals surface area contributed by atoms with Crippen LogP contribution in [0, 0.1) is 13.8 Å². The third-order valence-electron chi connectivity index (χ3n) is 3.09. The van der Waals surface area contributed by atoms with Crippen molar-refractivity contribution in [3.63, 3.8) is 0 Å². The van der Waals surface area contributed by atoms with E-state index in [0.717, 1.165) is 11.4 Å². The molecule has 0 saturated heterocycles. The molecule has 16 heavy (non-hydrogen) atoms. The van der Waals surface area contributed by atoms with Gasteiger partial charge in [-0.25, -0.2) is 0 Å². The predicted octanol–water partition coefficient (Wildman–Crippen LogP) is 3.40. The molecule has 1 aromatic carbocycles. The monoisotopic (exact) mass is 208 g/mol. The van der Waals surface area contributed by atoms with Crippen molar-refractivity contribution in [1.82, 2.24) is 9.97 Å². The molecule has 2 heteroatoms. The number of pyridine rings is 2. The molecule has 0 aliphatic heterocycles. The highest BCUT2D eigenvalue weighted by Gasteiger charge is 2.04. The number of nitrogens with zero attached hydrogens (tertiary/aromatic N) is 2. The average Bonchev–Trinajstić information content (AvgIpc) is 2.30. The molecule has 0 amide bonds. The molecule has 0 radical (unpaired) electrons. The zero-order chi connectivity index (χ0) is 11.1. The lowest BCUT2D eigenvalue weighted by molar-refractivity contribution is 1.23. The minimum atomic E-state index is 1.08. The third kappa shape index (κ3) is 1.20. The summed E-state index contributed by atoms with van der Waals surface area (Å²) >= 11 is 0. The molecule has 0 fully saturated rings. The Hall–Kier alpha value is -1.96. The van der Waals surface area contributed by atoms with Crippen LogP contribution in [0.3, 0.4) is 0 Å². The highest BCUT2D eigenvalue weighted by atomic mass is 14.7. The number of hydrogen-bond donors (Lipinski definition) is 0. The molecule has 0 aliphatic rings. The van der Waals surface area contributed by atoms with E-state index in [2.05, 4.69) is 34.2 Å². The first kappa shape index (κ1) is 9.28. The van der Waals surface area contributed by atoms with E-state index >= 15 is 0 Å². The molecule has 0 bridgehead atoms. The Kier molecular flexibility index (Phi) is 1.90. The fourth-order valence-electron chi connectivity index (χ4n) is 2.21. The van der Waals surface area contributed by atoms with Gasteiger partial charge in [0.15, 0.2) is 0 Å². The van der Waals surface area contributed by atoms with Crippen molar-refractivity contribution in [2.75, 3.05) is 0 Å². The largest absolute Gasteiger partial charge is 0.261 e. The minimum absolute atomic E-state index is 1.08. The molecule has 3 aromatic rings. The average molecular weight is 208 g/mol. The Morgan fingerprint density at radius 1 is 0.625 bits per heavy atom. The van der Waals surface area contributed by atoms with E-state index in [-0.39, 0.29) is 0 Å². The van der Waals surface area contributed by atoms with E-state index in [1.165, 1.54) is 21.5 Å². The number of fused-ring (bicyclic) bond motifs is 3. The predicted molar refractivity (Wildman–Crippen MR) is 66.5 cm³/mol. The first-order valence-corrected chi connectivity index (χ1v) is 5.37. The van der Waals surface area contributed by atoms with Crippen LogP contribution in [-0.2, 0) is 0 Å². The van der Waals surface area contributed by atoms with Crippen LogP contribution in [-0.4, -0.2) is 9.97 Å². The highest BCUT2D eigenvalue weighted by molar-refractivity contribution is 6.08. The zero-order valence-corrected chi connectivity index (χ0v) is 9.36. The van der Waals surface area contributed by atoms with Gasteiger partial charge < -0.3 is 0 Å². The van der Waals surface area contributed by atoms with Crippen molar-refractivity contribution in [3.05, 3.63) is 48.0 Å². The Balaban J connectivity index is 2.60. The lowest BCUT2D eigenvalue weighted by Crippen LogP contribution is -1.87. The number of aryl methyl sites for hydroxylation is 2. The van der Waals surface area contributed by atoms with E-state index in [4.69, 9.17) is 0 Å². The molecule has 0 spiro atoms. The van der Waals surface area contributed by atoms with Gasteiger partial charge in [0.1, 0.15) is 0 Å². The van der Waals surface area contributed by atoms with Gasteiger partial charge in [-0.15, -0.1) is 0 Å². The van der Waals surface area contributed by atoms with Crippen LogP contribution in [0.2, 0.25) is 0 Å². The van der Waals surface area contributed by atoms with E-state index < -0.39 is 0 Å². The Bertz CT molecular complexity index is 626. The van der Waals surface area contributed by atoms with E-state index in [1.807, 2.05) is 26.2 Å². The van der Waals surface area contributed by atoms with E-state index in [0.29, 0.717) is 0 Å². The summed E-state index contributed by atoms with van der Waals surface area (Å²) in [5, 5.41) is 4.97. The second-order valence-electron chi connectivity index (χ2n) is 4.05. The maximum Gasteiger partial charge on any atom is 0.0451 e. The van der Waals surface area contributed by atoms with Crippen molar-refractivity contribution in [2.24, 2.45) is 0 Å². The van der Waals surface area contributed by atoms with Crippen molar-refractivity contribution in [3.8, 4) is 0 Å². The quantitative estimate of drug-likeness (QED) is 0.529. The smallest absolute Gasteiger partial charge is 0.0451 e. The first-order chi connectivity index (χ1) is 7.77. The number of hydrogen-bond acceptors (Lipinski definition) is 2. The van der Waals surface area contributed by atoms with Crippen LogP contribution in [0.25, 0.3) is 21.5 Å². The molecule has 2 aromatic heterocycles. The molecule has 2 heterocycles. The van der Waals surface area contributed by atoms with Crippen LogP contribution in [0.15, 0.2) is 36.7 Å². The van der Waals surface area contributed by atoms with Crippen LogP contribution in [0.4, 0.5) is 0 Å². The lowest BCUT2D eigenvalue weighted by Gasteiger charge is -2.06. The number of aromatic nitrogens is 2. The summed E-state index contributed by atoms with van der Waals surface area (Å²) < 4.78 is 0. The Morgan fingerprint density at radius 3 is 1.50 bits per heavy atom. The summed E-state index contributed by atoms with van der Waals surface area (Å²) in [4.78, 5) is 8.64. The Labute approximate surface area is 94.0 Å². The van der Waals surface area contributed by atoms with Gasteiger partial charge in [0.05, 0.1) is 0 Å². The second kappa shape index (κ2) is 3.27. The number of rotatable bonds is 0. The molecule has 0 unspecified atom stereocenters. The van der Waals surface area contributed by atoms with Crippen LogP contribution < -0.4 is 0 Å². The summed E-state index contributed by atoms with van der Waals surface area (Å²) in [5.41, 5.74) is 2.16. The van der Waals surface area contributed by atoms with Gasteiger partial charge in [-0.3, -0.25) is 9.97 Å². The third-order valence-corrected chi connectivity index (χ3v) is 3.09. The Morgan fingerprint density at radius 2 is 1.06 bits per heavy atom. The van der Waals surface area contributed by atoms with Gasteiger partial charge in [-0.05, 0) is 36.8 Å². The summed E-state index contributed by atoms with van der Waals surface area (Å²) in [6.45, 7) is 4.09. The van der Waals surface area contributed by atoms with Gasteiger partial charge in [0.25, 0.3) is 0 Å². The summed E-state index contributed by atoms with van der Waals surface area (Å²) in [6.07, 6.45) is 3.74. The van der Waals surface area contributed by atoms with Gasteiger partial charge in [-0.1, -0.05) is 12.1 Å².